The number of unbranched alkanes of at least 4 members (excludes halogenated alkanes) is 4. The second-order valence-corrected chi connectivity index (χ2v) is 23.3. The Morgan fingerprint density at radius 1 is 0.385 bits per heavy atom. The van der Waals surface area contributed by atoms with Crippen molar-refractivity contribution in [3.05, 3.63) is 0 Å². The zero-order chi connectivity index (χ0) is 60.0. The number of aliphatic carboxylic acids is 1. The van der Waals surface area contributed by atoms with Gasteiger partial charge in [-0.25, -0.2) is 4.79 Å². The van der Waals surface area contributed by atoms with Gasteiger partial charge in [-0.1, -0.05) is 122 Å². The molecule has 10 amide bonds. The predicted molar refractivity (Wildman–Crippen MR) is 296 cm³/mol. The van der Waals surface area contributed by atoms with Crippen LogP contribution < -0.4 is 54.0 Å². The van der Waals surface area contributed by atoms with Crippen molar-refractivity contribution in [1.29, 1.82) is 0 Å². The summed E-state index contributed by atoms with van der Waals surface area (Å²) in [6.07, 6.45) is 3.31. The second kappa shape index (κ2) is 37.9. The molecule has 0 aromatic rings. The van der Waals surface area contributed by atoms with Crippen molar-refractivity contribution in [3.8, 4) is 0 Å². The smallest absolute Gasteiger partial charge is 0.326 e. The van der Waals surface area contributed by atoms with Crippen LogP contribution in [0.5, 0.6) is 0 Å². The van der Waals surface area contributed by atoms with Crippen LogP contribution in [0.1, 0.15) is 193 Å². The topological polar surface area (TPSA) is 377 Å². The zero-order valence-electron chi connectivity index (χ0n) is 49.0. The van der Waals surface area contributed by atoms with Gasteiger partial charge < -0.3 is 64.2 Å². The third-order valence-electron chi connectivity index (χ3n) is 12.6. The highest BCUT2D eigenvalue weighted by molar-refractivity contribution is 5.98. The third kappa shape index (κ3) is 31.5. The number of primary amides is 2. The second-order valence-electron chi connectivity index (χ2n) is 23.3. The monoisotopic (exact) mass is 1110 g/mol. The molecular weight excluding hydrogens is 1010 g/mol. The number of carbonyl (C=O) groups excluding carboxylic acids is 10. The number of carboxylic acids is 1. The van der Waals surface area contributed by atoms with E-state index in [4.69, 9.17) is 11.5 Å². The van der Waals surface area contributed by atoms with Gasteiger partial charge in [0.1, 0.15) is 48.3 Å². The molecule has 0 aromatic carbocycles. The minimum Gasteiger partial charge on any atom is -0.480 e. The number of aliphatic hydroxyl groups excluding tert-OH is 1. The molecule has 0 unspecified atom stereocenters. The maximum atomic E-state index is 14.2. The lowest BCUT2D eigenvalue weighted by molar-refractivity contribution is -0.143. The molecule has 0 aromatic heterocycles. The van der Waals surface area contributed by atoms with Crippen molar-refractivity contribution < 1.29 is 63.0 Å². The van der Waals surface area contributed by atoms with E-state index in [0.29, 0.717) is 6.42 Å². The maximum absolute atomic E-state index is 14.2. The molecule has 0 saturated carbocycles. The normalized spacial score (nSPS) is 15.0. The average molecular weight is 1110 g/mol. The number of carbonyl (C=O) groups is 11. The van der Waals surface area contributed by atoms with Crippen LogP contribution in [-0.4, -0.2) is 130 Å². The molecule has 0 aliphatic rings. The first-order valence-corrected chi connectivity index (χ1v) is 28.2. The molecular formula is C55H100N10O13. The van der Waals surface area contributed by atoms with E-state index in [1.54, 1.807) is 41.5 Å². The van der Waals surface area contributed by atoms with Crippen molar-refractivity contribution >= 4 is 65.0 Å². The fourth-order valence-electron chi connectivity index (χ4n) is 8.58. The minimum absolute atomic E-state index is 0.0145. The Labute approximate surface area is 463 Å². The fourth-order valence-corrected chi connectivity index (χ4v) is 8.58. The lowest BCUT2D eigenvalue weighted by Crippen LogP contribution is -2.61. The van der Waals surface area contributed by atoms with E-state index in [1.165, 1.54) is 0 Å². The van der Waals surface area contributed by atoms with Crippen molar-refractivity contribution in [1.82, 2.24) is 42.5 Å². The lowest BCUT2D eigenvalue weighted by atomic mass is 9.98. The van der Waals surface area contributed by atoms with Crippen molar-refractivity contribution in [2.75, 3.05) is 0 Å². The van der Waals surface area contributed by atoms with E-state index in [9.17, 15) is 63.0 Å². The molecule has 448 valence electrons. The van der Waals surface area contributed by atoms with Crippen molar-refractivity contribution in [2.24, 2.45) is 47.0 Å². The molecule has 0 radical (unpaired) electrons. The number of aliphatic hydroxyl groups is 1. The molecule has 23 heteroatoms. The number of nitrogens with one attached hydrogen (secondary N) is 8. The number of hydrogen-bond acceptors (Lipinski definition) is 12. The minimum atomic E-state index is -1.51. The number of carboxylic acid groups (broad SMARTS) is 1. The summed E-state index contributed by atoms with van der Waals surface area (Å²) >= 11 is 0. The molecule has 0 rings (SSSR count). The summed E-state index contributed by atoms with van der Waals surface area (Å²) in [5, 5.41) is 41.4. The summed E-state index contributed by atoms with van der Waals surface area (Å²) in [7, 11) is 0. The molecule has 9 atom stereocenters. The van der Waals surface area contributed by atoms with E-state index in [0.717, 1.165) is 32.1 Å². The van der Waals surface area contributed by atoms with Crippen LogP contribution >= 0.6 is 0 Å². The van der Waals surface area contributed by atoms with Gasteiger partial charge in [0.25, 0.3) is 0 Å². The van der Waals surface area contributed by atoms with Crippen LogP contribution in [0.2, 0.25) is 0 Å². The van der Waals surface area contributed by atoms with Gasteiger partial charge in [0.15, 0.2) is 0 Å². The van der Waals surface area contributed by atoms with Crippen LogP contribution in [0, 0.1) is 35.5 Å². The quantitative estimate of drug-likeness (QED) is 0.0392. The van der Waals surface area contributed by atoms with E-state index >= 15 is 0 Å². The largest absolute Gasteiger partial charge is 0.480 e. The fraction of sp³-hybridized carbons (Fsp3) is 0.800. The van der Waals surface area contributed by atoms with Crippen LogP contribution in [0.3, 0.4) is 0 Å². The molecule has 0 spiro atoms. The SMILES string of the molecule is CCCCCCC[C@H](O)CC(=O)N[C@@H](CC(C)C)C(=O)N[C@@H](CC(C)C)C(=O)N[C@@H](CCC(N)=O)C(=O)N[C@@H](CC(C)C)C(=O)N[C@@H](CCC(N)=O)C(=O)N[C@H](C(=O)N[C@@H](CC(C)C)C(=O)N[C@@H](CC(C)C)C(=O)O)C(C)C. The van der Waals surface area contributed by atoms with E-state index in [-0.39, 0.29) is 87.4 Å². The van der Waals surface area contributed by atoms with Crippen LogP contribution in [0.15, 0.2) is 0 Å². The summed E-state index contributed by atoms with van der Waals surface area (Å²) in [5.41, 5.74) is 10.9. The van der Waals surface area contributed by atoms with Crippen LogP contribution in [-0.2, 0) is 52.7 Å². The molecule has 14 N–H and O–H groups in total. The standard InChI is InChI=1S/C55H100N10O13/c1-14-15-16-17-18-19-36(66)29-46(69)58-39(24-30(2)3)50(72)62-41(26-32(6)7)52(74)59-37(20-22-44(56)67)48(70)61-40(25-31(4)5)51(73)60-38(21-23-45(57)68)49(71)65-47(35(12)13)54(76)63-42(27-33(8)9)53(75)64-43(55(77)78)28-34(10)11/h30-43,47,66H,14-29H2,1-13H3,(H2,56,67)(H2,57,68)(H,58,69)(H,59,74)(H,60,73)(H,61,70)(H,62,72)(H,63,76)(H,64,75)(H,65,71)(H,77,78)/t36-,37-,38-,39-,40-,41-,42-,43-,47-/m0/s1. The number of hydrogen-bond donors (Lipinski definition) is 12. The van der Waals surface area contributed by atoms with Gasteiger partial charge >= 0.3 is 5.97 Å². The van der Waals surface area contributed by atoms with Gasteiger partial charge in [0, 0.05) is 12.8 Å². The van der Waals surface area contributed by atoms with Gasteiger partial charge in [0.05, 0.1) is 12.5 Å². The van der Waals surface area contributed by atoms with Gasteiger partial charge in [-0.2, -0.15) is 0 Å². The number of amides is 10. The summed E-state index contributed by atoms with van der Waals surface area (Å²) < 4.78 is 0. The highest BCUT2D eigenvalue weighted by atomic mass is 16.4. The van der Waals surface area contributed by atoms with Crippen LogP contribution in [0.4, 0.5) is 0 Å². The maximum Gasteiger partial charge on any atom is 0.326 e. The van der Waals surface area contributed by atoms with E-state index < -0.39 is 132 Å². The van der Waals surface area contributed by atoms with Gasteiger partial charge in [-0.3, -0.25) is 47.9 Å². The van der Waals surface area contributed by atoms with Crippen LogP contribution in [0.25, 0.3) is 0 Å². The first-order chi connectivity index (χ1) is 36.3. The average Bonchev–Trinajstić information content (AvgIpc) is 3.30. The Morgan fingerprint density at radius 2 is 0.692 bits per heavy atom. The molecule has 0 fully saturated rings. The number of rotatable bonds is 41. The number of nitrogens with two attached hydrogens (primary N) is 2. The summed E-state index contributed by atoms with van der Waals surface area (Å²) in [5.74, 6) is -10.4. The summed E-state index contributed by atoms with van der Waals surface area (Å²) in [4.78, 5) is 147. The van der Waals surface area contributed by atoms with E-state index in [1.807, 2.05) is 41.5 Å². The van der Waals surface area contributed by atoms with Crippen molar-refractivity contribution in [3.63, 3.8) is 0 Å². The summed E-state index contributed by atoms with van der Waals surface area (Å²) in [6, 6.07) is -10.4. The zero-order valence-corrected chi connectivity index (χ0v) is 49.0. The lowest BCUT2D eigenvalue weighted by Gasteiger charge is -2.30. The van der Waals surface area contributed by atoms with Crippen molar-refractivity contribution in [2.45, 2.75) is 247 Å². The predicted octanol–water partition coefficient (Wildman–Crippen LogP) is 2.48. The molecule has 0 aliphatic carbocycles. The Morgan fingerprint density at radius 3 is 1.04 bits per heavy atom. The van der Waals surface area contributed by atoms with Gasteiger partial charge in [0.2, 0.25) is 59.1 Å². The molecule has 0 saturated heterocycles. The third-order valence-corrected chi connectivity index (χ3v) is 12.6. The molecule has 78 heavy (non-hydrogen) atoms. The van der Waals surface area contributed by atoms with Gasteiger partial charge in [-0.15, -0.1) is 0 Å². The van der Waals surface area contributed by atoms with Gasteiger partial charge in [-0.05, 0) is 86.9 Å². The molecule has 0 aliphatic heterocycles. The highest BCUT2D eigenvalue weighted by Gasteiger charge is 2.36. The Bertz CT molecular complexity index is 1950. The highest BCUT2D eigenvalue weighted by Crippen LogP contribution is 2.16. The van der Waals surface area contributed by atoms with E-state index in [2.05, 4.69) is 49.5 Å². The Hall–Kier alpha value is -5.87. The Balaban J connectivity index is 6.68. The first kappa shape index (κ1) is 72.1. The molecule has 23 nitrogen and oxygen atoms in total. The molecule has 0 heterocycles. The molecule has 0 bridgehead atoms. The Kier molecular flexibility index (Phi) is 35.0. The summed E-state index contributed by atoms with van der Waals surface area (Å²) in [6.45, 7) is 23.4. The first-order valence-electron chi connectivity index (χ1n) is 28.2.